The highest BCUT2D eigenvalue weighted by atomic mass is 14.9. The van der Waals surface area contributed by atoms with Crippen molar-refractivity contribution in [3.05, 3.63) is 35.4 Å². The maximum Gasteiger partial charge on any atom is 0.0421 e. The largest absolute Gasteiger partial charge is 0.323 e. The second kappa shape index (κ2) is 4.92. The summed E-state index contributed by atoms with van der Waals surface area (Å²) in [7, 11) is 0. The molecule has 1 saturated carbocycles. The zero-order chi connectivity index (χ0) is 14.3. The van der Waals surface area contributed by atoms with Gasteiger partial charge in [-0.3, -0.25) is 0 Å². The van der Waals surface area contributed by atoms with Gasteiger partial charge in [-0.15, -0.1) is 0 Å². The molecule has 3 N–H and O–H groups in total. The number of benzene rings is 1. The van der Waals surface area contributed by atoms with E-state index in [1.165, 1.54) is 11.1 Å². The van der Waals surface area contributed by atoms with Crippen molar-refractivity contribution in [2.45, 2.75) is 40.7 Å². The number of rotatable bonds is 5. The van der Waals surface area contributed by atoms with E-state index in [0.29, 0.717) is 10.8 Å². The third-order valence-corrected chi connectivity index (χ3v) is 5.54. The molecule has 106 valence electrons. The van der Waals surface area contributed by atoms with E-state index in [2.05, 4.69) is 64.2 Å². The minimum Gasteiger partial charge on any atom is -0.323 e. The third-order valence-electron chi connectivity index (χ3n) is 5.54. The van der Waals surface area contributed by atoms with Gasteiger partial charge in [0.25, 0.3) is 0 Å². The number of nitrogens with one attached hydrogen (secondary N) is 1. The normalized spacial score (nSPS) is 22.2. The predicted molar refractivity (Wildman–Crippen MR) is 82.0 cm³/mol. The molecule has 1 atom stereocenters. The molecule has 0 radical (unpaired) electrons. The lowest BCUT2D eigenvalue weighted by molar-refractivity contribution is 0.457. The van der Waals surface area contributed by atoms with Crippen molar-refractivity contribution in [2.75, 3.05) is 13.1 Å². The lowest BCUT2D eigenvalue weighted by Crippen LogP contribution is -2.29. The van der Waals surface area contributed by atoms with E-state index < -0.39 is 0 Å². The van der Waals surface area contributed by atoms with E-state index in [-0.39, 0.29) is 6.04 Å². The second-order valence-electron chi connectivity index (χ2n) is 7.17. The zero-order valence-corrected chi connectivity index (χ0v) is 13.0. The SMILES string of the molecule is Cc1ccc(C(N)CNCC2C(C)(C)C2(C)C)cc1. The maximum atomic E-state index is 6.22. The molecule has 2 heteroatoms. The van der Waals surface area contributed by atoms with E-state index in [1.807, 2.05) is 0 Å². The Kier molecular flexibility index (Phi) is 3.76. The van der Waals surface area contributed by atoms with Crippen molar-refractivity contribution in [1.82, 2.24) is 5.32 Å². The summed E-state index contributed by atoms with van der Waals surface area (Å²) in [5.41, 5.74) is 9.63. The predicted octanol–water partition coefficient (Wildman–Crippen LogP) is 3.27. The Bertz CT molecular complexity index is 417. The zero-order valence-electron chi connectivity index (χ0n) is 13.0. The van der Waals surface area contributed by atoms with Crippen LogP contribution in [0, 0.1) is 23.7 Å². The summed E-state index contributed by atoms with van der Waals surface area (Å²) in [5, 5.41) is 3.55. The van der Waals surface area contributed by atoms with E-state index in [1.54, 1.807) is 0 Å². The van der Waals surface area contributed by atoms with Crippen LogP contribution in [0.1, 0.15) is 44.9 Å². The Labute approximate surface area is 117 Å². The van der Waals surface area contributed by atoms with Crippen LogP contribution < -0.4 is 11.1 Å². The molecule has 0 heterocycles. The van der Waals surface area contributed by atoms with E-state index in [9.17, 15) is 0 Å². The van der Waals surface area contributed by atoms with Crippen molar-refractivity contribution in [1.29, 1.82) is 0 Å². The molecule has 2 nitrogen and oxygen atoms in total. The number of hydrogen-bond donors (Lipinski definition) is 2. The summed E-state index contributed by atoms with van der Waals surface area (Å²) in [5.74, 6) is 0.755. The first kappa shape index (κ1) is 14.5. The Balaban J connectivity index is 1.79. The fourth-order valence-electron chi connectivity index (χ4n) is 3.16. The molecule has 0 spiro atoms. The van der Waals surface area contributed by atoms with Crippen molar-refractivity contribution in [2.24, 2.45) is 22.5 Å². The van der Waals surface area contributed by atoms with Crippen molar-refractivity contribution < 1.29 is 0 Å². The molecular formula is C17H28N2. The van der Waals surface area contributed by atoms with Gasteiger partial charge in [0.15, 0.2) is 0 Å². The average molecular weight is 260 g/mol. The minimum absolute atomic E-state index is 0.0885. The first-order valence-electron chi connectivity index (χ1n) is 7.29. The van der Waals surface area contributed by atoms with Gasteiger partial charge in [0.05, 0.1) is 0 Å². The van der Waals surface area contributed by atoms with Crippen LogP contribution in [0.5, 0.6) is 0 Å². The second-order valence-corrected chi connectivity index (χ2v) is 7.17. The molecule has 0 aliphatic heterocycles. The molecule has 0 saturated heterocycles. The summed E-state index contributed by atoms with van der Waals surface area (Å²) < 4.78 is 0. The van der Waals surface area contributed by atoms with E-state index in [0.717, 1.165) is 19.0 Å². The van der Waals surface area contributed by atoms with Crippen LogP contribution in [0.25, 0.3) is 0 Å². The van der Waals surface area contributed by atoms with Crippen molar-refractivity contribution >= 4 is 0 Å². The van der Waals surface area contributed by atoms with Crippen LogP contribution in [-0.2, 0) is 0 Å². The van der Waals surface area contributed by atoms with Crippen LogP contribution in [0.2, 0.25) is 0 Å². The Morgan fingerprint density at radius 1 is 1.11 bits per heavy atom. The molecular weight excluding hydrogens is 232 g/mol. The third kappa shape index (κ3) is 2.70. The summed E-state index contributed by atoms with van der Waals surface area (Å²) >= 11 is 0. The molecule has 1 aliphatic carbocycles. The number of nitrogens with two attached hydrogens (primary N) is 1. The lowest BCUT2D eigenvalue weighted by Gasteiger charge is -2.14. The Morgan fingerprint density at radius 2 is 1.63 bits per heavy atom. The van der Waals surface area contributed by atoms with Crippen LogP contribution in [0.15, 0.2) is 24.3 Å². The van der Waals surface area contributed by atoms with Crippen LogP contribution in [0.4, 0.5) is 0 Å². The fraction of sp³-hybridized carbons (Fsp3) is 0.647. The minimum atomic E-state index is 0.0885. The van der Waals surface area contributed by atoms with Gasteiger partial charge in [-0.2, -0.15) is 0 Å². The molecule has 1 fully saturated rings. The van der Waals surface area contributed by atoms with Gasteiger partial charge in [-0.25, -0.2) is 0 Å². The maximum absolute atomic E-state index is 6.22. The van der Waals surface area contributed by atoms with E-state index in [4.69, 9.17) is 5.73 Å². The highest BCUT2D eigenvalue weighted by molar-refractivity contribution is 5.24. The van der Waals surface area contributed by atoms with Crippen LogP contribution in [-0.4, -0.2) is 13.1 Å². The summed E-state index contributed by atoms with van der Waals surface area (Å²) in [6.45, 7) is 13.5. The Hall–Kier alpha value is -0.860. The van der Waals surface area contributed by atoms with Gasteiger partial charge < -0.3 is 11.1 Å². The van der Waals surface area contributed by atoms with Gasteiger partial charge in [0, 0.05) is 12.6 Å². The molecule has 0 bridgehead atoms. The summed E-state index contributed by atoms with van der Waals surface area (Å²) in [4.78, 5) is 0. The molecule has 0 aromatic heterocycles. The molecule has 19 heavy (non-hydrogen) atoms. The van der Waals surface area contributed by atoms with Gasteiger partial charge in [0.1, 0.15) is 0 Å². The van der Waals surface area contributed by atoms with Gasteiger partial charge in [0.2, 0.25) is 0 Å². The first-order valence-corrected chi connectivity index (χ1v) is 7.29. The molecule has 1 aromatic carbocycles. The Morgan fingerprint density at radius 3 is 2.11 bits per heavy atom. The quantitative estimate of drug-likeness (QED) is 0.852. The molecule has 0 amide bonds. The summed E-state index contributed by atoms with van der Waals surface area (Å²) in [6.07, 6.45) is 0. The topological polar surface area (TPSA) is 38.0 Å². The number of aryl methyl sites for hydroxylation is 1. The molecule has 1 aliphatic rings. The van der Waals surface area contributed by atoms with E-state index >= 15 is 0 Å². The number of hydrogen-bond acceptors (Lipinski definition) is 2. The standard InChI is InChI=1S/C17H28N2/c1-12-6-8-13(9-7-12)14(18)10-19-11-15-16(2,3)17(15,4)5/h6-9,14-15,19H,10-11,18H2,1-5H3. The summed E-state index contributed by atoms with van der Waals surface area (Å²) in [6, 6.07) is 8.61. The average Bonchev–Trinajstić information content (AvgIpc) is 2.72. The van der Waals surface area contributed by atoms with Crippen molar-refractivity contribution in [3.63, 3.8) is 0 Å². The molecule has 2 rings (SSSR count). The highest BCUT2D eigenvalue weighted by Crippen LogP contribution is 2.67. The van der Waals surface area contributed by atoms with Gasteiger partial charge in [-0.1, -0.05) is 57.5 Å². The molecule has 1 aromatic rings. The lowest BCUT2D eigenvalue weighted by atomic mass is 10.0. The van der Waals surface area contributed by atoms with Crippen molar-refractivity contribution in [3.8, 4) is 0 Å². The highest BCUT2D eigenvalue weighted by Gasteiger charge is 2.63. The fourth-order valence-corrected chi connectivity index (χ4v) is 3.16. The smallest absolute Gasteiger partial charge is 0.0421 e. The first-order chi connectivity index (χ1) is 8.76. The van der Waals surface area contributed by atoms with Gasteiger partial charge >= 0.3 is 0 Å². The van der Waals surface area contributed by atoms with Crippen LogP contribution in [0.3, 0.4) is 0 Å². The molecule has 1 unspecified atom stereocenters. The van der Waals surface area contributed by atoms with Gasteiger partial charge in [-0.05, 0) is 35.8 Å². The monoisotopic (exact) mass is 260 g/mol. The van der Waals surface area contributed by atoms with Crippen LogP contribution >= 0.6 is 0 Å².